The summed E-state index contributed by atoms with van der Waals surface area (Å²) in [5, 5.41) is 54.8. The van der Waals surface area contributed by atoms with E-state index >= 15 is 0 Å². The van der Waals surface area contributed by atoms with Crippen LogP contribution in [0.15, 0.2) is 97.2 Å². The van der Waals surface area contributed by atoms with Crippen LogP contribution in [0.5, 0.6) is 0 Å². The minimum absolute atomic E-state index is 0.139. The predicted octanol–water partition coefficient (Wildman–Crippen LogP) is 17.9. The number of hydrogen-bond donors (Lipinski definition) is 6. The number of allylic oxidation sites excluding steroid dienone is 16. The average molecular weight is 1120 g/mol. The van der Waals surface area contributed by atoms with Gasteiger partial charge >= 0.3 is 0 Å². The Morgan fingerprint density at radius 2 is 0.775 bits per heavy atom. The molecule has 1 aliphatic heterocycles. The number of rotatable bonds is 57. The highest BCUT2D eigenvalue weighted by Gasteiger charge is 2.44. The Morgan fingerprint density at radius 3 is 1.15 bits per heavy atom. The molecule has 1 rings (SSSR count). The van der Waals surface area contributed by atoms with Gasteiger partial charge in [-0.1, -0.05) is 304 Å². The molecule has 6 N–H and O–H groups in total. The second-order valence-corrected chi connectivity index (χ2v) is 22.9. The maximum atomic E-state index is 13.1. The summed E-state index contributed by atoms with van der Waals surface area (Å²) in [6.07, 6.45) is 78.9. The van der Waals surface area contributed by atoms with E-state index in [9.17, 15) is 30.3 Å². The van der Waals surface area contributed by atoms with Gasteiger partial charge in [0.15, 0.2) is 6.29 Å². The first kappa shape index (κ1) is 75.1. The van der Waals surface area contributed by atoms with Crippen molar-refractivity contribution in [1.82, 2.24) is 5.32 Å². The molecule has 462 valence electrons. The summed E-state index contributed by atoms with van der Waals surface area (Å²) >= 11 is 0. The monoisotopic (exact) mass is 1120 g/mol. The van der Waals surface area contributed by atoms with Crippen LogP contribution in [0, 0.1) is 0 Å². The van der Waals surface area contributed by atoms with Gasteiger partial charge in [-0.25, -0.2) is 0 Å². The Morgan fingerprint density at radius 1 is 0.438 bits per heavy atom. The van der Waals surface area contributed by atoms with E-state index in [1.165, 1.54) is 173 Å². The summed E-state index contributed by atoms with van der Waals surface area (Å²) in [5.74, 6) is -0.144. The molecule has 0 aliphatic carbocycles. The first-order valence-corrected chi connectivity index (χ1v) is 33.4. The van der Waals surface area contributed by atoms with E-state index < -0.39 is 49.5 Å². The van der Waals surface area contributed by atoms with Crippen LogP contribution >= 0.6 is 0 Å². The number of aliphatic hydroxyl groups excluding tert-OH is 5. The molecule has 0 radical (unpaired) electrons. The number of ether oxygens (including phenoxy) is 2. The molecule has 1 heterocycles. The van der Waals surface area contributed by atoms with Gasteiger partial charge in [0, 0.05) is 6.42 Å². The lowest BCUT2D eigenvalue weighted by Gasteiger charge is -2.40. The Hall–Kier alpha value is -2.89. The van der Waals surface area contributed by atoms with E-state index in [4.69, 9.17) is 9.47 Å². The van der Waals surface area contributed by atoms with Gasteiger partial charge in [-0.2, -0.15) is 0 Å². The Kier molecular flexibility index (Phi) is 55.7. The lowest BCUT2D eigenvalue weighted by molar-refractivity contribution is -0.302. The number of carbonyl (C=O) groups excluding carboxylic acids is 1. The fourth-order valence-corrected chi connectivity index (χ4v) is 10.2. The number of carbonyl (C=O) groups is 1. The van der Waals surface area contributed by atoms with E-state index in [1.54, 1.807) is 0 Å². The van der Waals surface area contributed by atoms with Gasteiger partial charge in [-0.3, -0.25) is 4.79 Å². The molecule has 0 aromatic carbocycles. The molecule has 0 bridgehead atoms. The molecule has 9 nitrogen and oxygen atoms in total. The van der Waals surface area contributed by atoms with Crippen LogP contribution in [0.1, 0.15) is 290 Å². The average Bonchev–Trinajstić information content (AvgIpc) is 3.46. The van der Waals surface area contributed by atoms with E-state index in [2.05, 4.69) is 116 Å². The van der Waals surface area contributed by atoms with Crippen LogP contribution in [0.3, 0.4) is 0 Å². The van der Waals surface area contributed by atoms with Crippen LogP contribution < -0.4 is 5.32 Å². The highest BCUT2D eigenvalue weighted by atomic mass is 16.7. The maximum Gasteiger partial charge on any atom is 0.220 e. The predicted molar refractivity (Wildman–Crippen MR) is 341 cm³/mol. The molecule has 80 heavy (non-hydrogen) atoms. The SMILES string of the molecule is CC/C=C\C/C=C\C/C=C\C/C=C\C/C=C\C/C=C\C/C=C\C/C=C\CCCCCCCCCCCCCCCCCCC(=O)NC(COC1OC(CO)C(O)C(O)C1O)C(O)CCCCCCCCCCCCCCCCCC. The first-order valence-electron chi connectivity index (χ1n) is 33.4. The second-order valence-electron chi connectivity index (χ2n) is 22.9. The standard InChI is InChI=1S/C71H125NO8/c1-3-5-7-9-11-13-15-17-19-21-22-23-24-25-26-27-28-29-30-31-32-33-34-35-36-37-38-39-40-41-42-43-44-45-47-49-51-53-55-57-59-61-67(75)72-64(63-79-71-70(78)69(77)68(76)66(62-73)80-71)65(74)60-58-56-54-52-50-48-46-20-18-16-14-12-10-8-6-4-2/h5,7,11,13,17,19,22-23,25-26,28-29,31-32,34-35,64-66,68-71,73-74,76-78H,3-4,6,8-10,12,14-16,18,20-21,24,27,30,33,36-63H2,1-2H3,(H,72,75)/b7-5-,13-11-,19-17-,23-22-,26-25-,29-28-,32-31-,35-34-. The largest absolute Gasteiger partial charge is 0.394 e. The number of unbranched alkanes of at least 4 members (excludes halogenated alkanes) is 31. The van der Waals surface area contributed by atoms with Crippen LogP contribution in [0.2, 0.25) is 0 Å². The first-order chi connectivity index (χ1) is 39.3. The van der Waals surface area contributed by atoms with Crippen molar-refractivity contribution in [3.63, 3.8) is 0 Å². The van der Waals surface area contributed by atoms with E-state index in [1.807, 2.05) is 0 Å². The smallest absolute Gasteiger partial charge is 0.220 e. The van der Waals surface area contributed by atoms with Gasteiger partial charge in [-0.15, -0.1) is 0 Å². The molecule has 1 aliphatic rings. The summed E-state index contributed by atoms with van der Waals surface area (Å²) in [6.45, 7) is 3.74. The van der Waals surface area contributed by atoms with Gasteiger partial charge in [0.1, 0.15) is 24.4 Å². The molecule has 7 atom stereocenters. The molecule has 7 unspecified atom stereocenters. The van der Waals surface area contributed by atoms with Crippen molar-refractivity contribution in [2.75, 3.05) is 13.2 Å². The molecule has 0 spiro atoms. The number of aliphatic hydroxyl groups is 5. The summed E-state index contributed by atoms with van der Waals surface area (Å²) in [7, 11) is 0. The topological polar surface area (TPSA) is 149 Å². The minimum atomic E-state index is -1.56. The minimum Gasteiger partial charge on any atom is -0.394 e. The summed E-state index contributed by atoms with van der Waals surface area (Å²) in [6, 6.07) is -0.723. The fraction of sp³-hybridized carbons (Fsp3) is 0.761. The molecule has 1 saturated heterocycles. The molecule has 1 fully saturated rings. The molecule has 1 amide bonds. The Balaban J connectivity index is 2.07. The van der Waals surface area contributed by atoms with Crippen LogP contribution in [0.4, 0.5) is 0 Å². The lowest BCUT2D eigenvalue weighted by atomic mass is 9.99. The lowest BCUT2D eigenvalue weighted by Crippen LogP contribution is -2.60. The zero-order chi connectivity index (χ0) is 57.9. The van der Waals surface area contributed by atoms with Gasteiger partial charge in [0.2, 0.25) is 5.91 Å². The van der Waals surface area contributed by atoms with Crippen molar-refractivity contribution in [3.05, 3.63) is 97.2 Å². The van der Waals surface area contributed by atoms with Gasteiger partial charge in [-0.05, 0) is 77.0 Å². The van der Waals surface area contributed by atoms with Crippen molar-refractivity contribution in [3.8, 4) is 0 Å². The molecule has 9 heteroatoms. The van der Waals surface area contributed by atoms with Crippen LogP contribution in [-0.2, 0) is 14.3 Å². The van der Waals surface area contributed by atoms with E-state index in [0.29, 0.717) is 12.8 Å². The Labute approximate surface area is 492 Å². The zero-order valence-electron chi connectivity index (χ0n) is 51.6. The summed E-state index contributed by atoms with van der Waals surface area (Å²) < 4.78 is 11.3. The second kappa shape index (κ2) is 59.3. The third kappa shape index (κ3) is 47.6. The number of hydrogen-bond acceptors (Lipinski definition) is 8. The number of amides is 1. The van der Waals surface area contributed by atoms with Crippen LogP contribution in [0.25, 0.3) is 0 Å². The van der Waals surface area contributed by atoms with Crippen molar-refractivity contribution in [1.29, 1.82) is 0 Å². The van der Waals surface area contributed by atoms with Gasteiger partial charge in [0.25, 0.3) is 0 Å². The number of nitrogens with one attached hydrogen (secondary N) is 1. The fourth-order valence-electron chi connectivity index (χ4n) is 10.2. The van der Waals surface area contributed by atoms with Crippen molar-refractivity contribution < 1.29 is 39.8 Å². The van der Waals surface area contributed by atoms with Crippen molar-refractivity contribution in [2.45, 2.75) is 333 Å². The van der Waals surface area contributed by atoms with Crippen molar-refractivity contribution in [2.24, 2.45) is 0 Å². The highest BCUT2D eigenvalue weighted by Crippen LogP contribution is 2.23. The summed E-state index contributed by atoms with van der Waals surface area (Å²) in [4.78, 5) is 13.1. The molecular weight excluding hydrogens is 995 g/mol. The highest BCUT2D eigenvalue weighted by molar-refractivity contribution is 5.76. The molecule has 0 aromatic rings. The van der Waals surface area contributed by atoms with Gasteiger partial charge in [0.05, 0.1) is 25.4 Å². The van der Waals surface area contributed by atoms with Crippen LogP contribution in [-0.4, -0.2) is 87.5 Å². The normalized spacial score (nSPS) is 19.1. The quantitative estimate of drug-likeness (QED) is 0.0261. The van der Waals surface area contributed by atoms with E-state index in [0.717, 1.165) is 89.9 Å². The molecular formula is C71H125NO8. The third-order valence-electron chi connectivity index (χ3n) is 15.5. The Bertz CT molecular complexity index is 1580. The molecule has 0 aromatic heterocycles. The third-order valence-corrected chi connectivity index (χ3v) is 15.5. The molecule has 0 saturated carbocycles. The summed E-state index contributed by atoms with van der Waals surface area (Å²) in [5.41, 5.74) is 0. The zero-order valence-corrected chi connectivity index (χ0v) is 51.6. The maximum absolute atomic E-state index is 13.1. The van der Waals surface area contributed by atoms with Gasteiger partial charge < -0.3 is 40.3 Å². The van der Waals surface area contributed by atoms with E-state index in [-0.39, 0.29) is 12.5 Å². The van der Waals surface area contributed by atoms with Crippen molar-refractivity contribution >= 4 is 5.91 Å².